The van der Waals surface area contributed by atoms with Gasteiger partial charge in [0, 0.05) is 12.3 Å². The van der Waals surface area contributed by atoms with Crippen molar-refractivity contribution in [1.82, 2.24) is 0 Å². The van der Waals surface area contributed by atoms with Gasteiger partial charge in [-0.15, -0.1) is 0 Å². The second kappa shape index (κ2) is 5.84. The summed E-state index contributed by atoms with van der Waals surface area (Å²) in [6.45, 7) is 2.83. The number of aliphatic hydroxyl groups excluding tert-OH is 1. The molecule has 17 heavy (non-hydrogen) atoms. The zero-order valence-electron chi connectivity index (χ0n) is 10.1. The number of ketones is 1. The van der Waals surface area contributed by atoms with E-state index in [0.717, 1.165) is 0 Å². The Morgan fingerprint density at radius 3 is 2.65 bits per heavy atom. The smallest absolute Gasteiger partial charge is 0.164 e. The Hall–Kier alpha value is -2.10. The minimum absolute atomic E-state index is 0.0378. The van der Waals surface area contributed by atoms with Crippen LogP contribution in [0.4, 0.5) is 5.69 Å². The molecule has 0 heterocycles. The monoisotopic (exact) mass is 233 g/mol. The summed E-state index contributed by atoms with van der Waals surface area (Å²) in [5.41, 5.74) is 0.858. The van der Waals surface area contributed by atoms with E-state index in [1.165, 1.54) is 20.1 Å². The molecule has 1 rings (SSSR count). The fraction of sp³-hybridized carbons (Fsp3) is 0.231. The van der Waals surface area contributed by atoms with Crippen molar-refractivity contribution >= 4 is 17.7 Å². The van der Waals surface area contributed by atoms with Gasteiger partial charge in [-0.3, -0.25) is 9.79 Å². The number of benzene rings is 1. The van der Waals surface area contributed by atoms with Gasteiger partial charge in [0.25, 0.3) is 0 Å². The molecule has 4 heteroatoms. The van der Waals surface area contributed by atoms with Crippen LogP contribution in [0.3, 0.4) is 0 Å². The summed E-state index contributed by atoms with van der Waals surface area (Å²) in [6, 6.07) is 7.12. The highest BCUT2D eigenvalue weighted by Gasteiger charge is 2.04. The molecule has 0 aliphatic rings. The molecular weight excluding hydrogens is 218 g/mol. The molecule has 0 atom stereocenters. The van der Waals surface area contributed by atoms with E-state index in [2.05, 4.69) is 4.99 Å². The molecule has 4 nitrogen and oxygen atoms in total. The number of allylic oxidation sites excluding steroid dienone is 2. The number of aliphatic hydroxyl groups is 1. The van der Waals surface area contributed by atoms with E-state index >= 15 is 0 Å². The van der Waals surface area contributed by atoms with Crippen molar-refractivity contribution in [3.63, 3.8) is 0 Å². The normalized spacial score (nSPS) is 12.4. The number of ether oxygens (including phenoxy) is 1. The lowest BCUT2D eigenvalue weighted by Crippen LogP contribution is -2.01. The first-order chi connectivity index (χ1) is 8.04. The number of Topliss-reactive ketones (excluding diaryl/α,β-unsaturated/α-hetero) is 1. The maximum Gasteiger partial charge on any atom is 0.164 e. The lowest BCUT2D eigenvalue weighted by Gasteiger charge is -2.00. The van der Waals surface area contributed by atoms with Crippen LogP contribution in [-0.4, -0.2) is 24.2 Å². The molecule has 0 aliphatic heterocycles. The zero-order valence-corrected chi connectivity index (χ0v) is 10.1. The Balaban J connectivity index is 2.97. The molecule has 1 aromatic rings. The van der Waals surface area contributed by atoms with E-state index in [4.69, 9.17) is 4.74 Å². The standard InChI is InChI=1S/C13H15NO3/c1-9(15)13(10(2)16)8-14-11-5-4-6-12(7-11)17-3/h4-8,15H,1-3H3/b13-9+,14-8?. The zero-order chi connectivity index (χ0) is 12.8. The topological polar surface area (TPSA) is 58.9 Å². The summed E-state index contributed by atoms with van der Waals surface area (Å²) in [5, 5.41) is 9.30. The van der Waals surface area contributed by atoms with Gasteiger partial charge in [0.1, 0.15) is 11.5 Å². The summed E-state index contributed by atoms with van der Waals surface area (Å²) in [5.74, 6) is 0.425. The Labute approximate surface area is 100 Å². The summed E-state index contributed by atoms with van der Waals surface area (Å²) < 4.78 is 5.05. The highest BCUT2D eigenvalue weighted by atomic mass is 16.5. The Morgan fingerprint density at radius 2 is 2.12 bits per heavy atom. The maximum absolute atomic E-state index is 11.2. The summed E-state index contributed by atoms with van der Waals surface area (Å²) in [4.78, 5) is 15.3. The summed E-state index contributed by atoms with van der Waals surface area (Å²) in [7, 11) is 1.57. The van der Waals surface area contributed by atoms with Crippen LogP contribution in [0.1, 0.15) is 13.8 Å². The highest BCUT2D eigenvalue weighted by Crippen LogP contribution is 2.19. The van der Waals surface area contributed by atoms with Crippen molar-refractivity contribution in [2.75, 3.05) is 7.11 Å². The van der Waals surface area contributed by atoms with Gasteiger partial charge in [0.2, 0.25) is 0 Å². The predicted molar refractivity (Wildman–Crippen MR) is 67.2 cm³/mol. The number of nitrogens with zero attached hydrogens (tertiary/aromatic N) is 1. The molecular formula is C13H15NO3. The Kier molecular flexibility index (Phi) is 4.46. The molecule has 0 radical (unpaired) electrons. The van der Waals surface area contributed by atoms with Crippen molar-refractivity contribution < 1.29 is 14.6 Å². The number of methoxy groups -OCH3 is 1. The van der Waals surface area contributed by atoms with Gasteiger partial charge in [-0.05, 0) is 26.0 Å². The molecule has 0 amide bonds. The van der Waals surface area contributed by atoms with Crippen molar-refractivity contribution in [2.45, 2.75) is 13.8 Å². The van der Waals surface area contributed by atoms with Gasteiger partial charge in [0.15, 0.2) is 5.78 Å². The molecule has 0 aromatic heterocycles. The average molecular weight is 233 g/mol. The van der Waals surface area contributed by atoms with E-state index in [0.29, 0.717) is 11.4 Å². The first-order valence-corrected chi connectivity index (χ1v) is 5.13. The third-order valence-corrected chi connectivity index (χ3v) is 2.17. The number of aliphatic imine (C=N–C) groups is 1. The molecule has 90 valence electrons. The van der Waals surface area contributed by atoms with Gasteiger partial charge in [-0.1, -0.05) is 6.07 Å². The summed E-state index contributed by atoms with van der Waals surface area (Å²) in [6.07, 6.45) is 1.35. The number of carbonyl (C=O) groups is 1. The Morgan fingerprint density at radius 1 is 1.41 bits per heavy atom. The van der Waals surface area contributed by atoms with Crippen molar-refractivity contribution in [1.29, 1.82) is 0 Å². The van der Waals surface area contributed by atoms with Crippen LogP contribution >= 0.6 is 0 Å². The van der Waals surface area contributed by atoms with Gasteiger partial charge in [-0.2, -0.15) is 0 Å². The third-order valence-electron chi connectivity index (χ3n) is 2.17. The molecule has 0 aliphatic carbocycles. The molecule has 0 saturated carbocycles. The molecule has 1 N–H and O–H groups in total. The number of hydrogen-bond donors (Lipinski definition) is 1. The van der Waals surface area contributed by atoms with Crippen LogP contribution in [0, 0.1) is 0 Å². The molecule has 0 spiro atoms. The van der Waals surface area contributed by atoms with E-state index in [1.807, 2.05) is 0 Å². The fourth-order valence-corrected chi connectivity index (χ4v) is 1.27. The molecule has 0 unspecified atom stereocenters. The number of rotatable bonds is 4. The molecule has 1 aromatic carbocycles. The Bertz CT molecular complexity index is 471. The van der Waals surface area contributed by atoms with Crippen LogP contribution in [0.5, 0.6) is 5.75 Å². The largest absolute Gasteiger partial charge is 0.512 e. The van der Waals surface area contributed by atoms with E-state index in [-0.39, 0.29) is 17.1 Å². The van der Waals surface area contributed by atoms with Gasteiger partial charge >= 0.3 is 0 Å². The van der Waals surface area contributed by atoms with Crippen molar-refractivity contribution in [3.8, 4) is 5.75 Å². The van der Waals surface area contributed by atoms with Crippen LogP contribution in [0.25, 0.3) is 0 Å². The first-order valence-electron chi connectivity index (χ1n) is 5.13. The fourth-order valence-electron chi connectivity index (χ4n) is 1.27. The summed E-state index contributed by atoms with van der Waals surface area (Å²) >= 11 is 0. The van der Waals surface area contributed by atoms with Crippen molar-refractivity contribution in [3.05, 3.63) is 35.6 Å². The van der Waals surface area contributed by atoms with Crippen LogP contribution in [0.2, 0.25) is 0 Å². The first kappa shape index (κ1) is 13.0. The second-order valence-electron chi connectivity index (χ2n) is 3.51. The lowest BCUT2D eigenvalue weighted by atomic mass is 10.2. The number of hydrogen-bond acceptors (Lipinski definition) is 4. The lowest BCUT2D eigenvalue weighted by molar-refractivity contribution is -0.113. The van der Waals surface area contributed by atoms with E-state index < -0.39 is 0 Å². The van der Waals surface area contributed by atoms with Crippen LogP contribution < -0.4 is 4.74 Å². The SMILES string of the molecule is COc1cccc(N=C/C(C(C)=O)=C(/C)O)c1. The molecule has 0 fully saturated rings. The second-order valence-corrected chi connectivity index (χ2v) is 3.51. The van der Waals surface area contributed by atoms with Gasteiger partial charge in [0.05, 0.1) is 18.4 Å². The predicted octanol–water partition coefficient (Wildman–Crippen LogP) is 2.82. The highest BCUT2D eigenvalue weighted by molar-refractivity contribution is 6.12. The van der Waals surface area contributed by atoms with E-state index in [1.54, 1.807) is 31.4 Å². The number of carbonyl (C=O) groups excluding carboxylic acids is 1. The van der Waals surface area contributed by atoms with Crippen LogP contribution in [0.15, 0.2) is 40.6 Å². The molecule has 0 bridgehead atoms. The quantitative estimate of drug-likeness (QED) is 0.494. The maximum atomic E-state index is 11.2. The third kappa shape index (κ3) is 3.75. The van der Waals surface area contributed by atoms with E-state index in [9.17, 15) is 9.90 Å². The van der Waals surface area contributed by atoms with Gasteiger partial charge < -0.3 is 9.84 Å². The minimum atomic E-state index is -0.225. The minimum Gasteiger partial charge on any atom is -0.512 e. The molecule has 0 saturated heterocycles. The van der Waals surface area contributed by atoms with Crippen LogP contribution in [-0.2, 0) is 4.79 Å². The van der Waals surface area contributed by atoms with Gasteiger partial charge in [-0.25, -0.2) is 0 Å². The van der Waals surface area contributed by atoms with Crippen molar-refractivity contribution in [2.24, 2.45) is 4.99 Å². The average Bonchev–Trinajstić information content (AvgIpc) is 2.28.